The molecule has 62 valence electrons. The first kappa shape index (κ1) is 9.15. The molecule has 0 aromatic heterocycles. The van der Waals surface area contributed by atoms with Gasteiger partial charge >= 0.3 is 0 Å². The minimum atomic E-state index is 0.512. The summed E-state index contributed by atoms with van der Waals surface area (Å²) in [5.41, 5.74) is 2.01. The van der Waals surface area contributed by atoms with Crippen LogP contribution < -0.4 is 0 Å². The molecule has 0 saturated carbocycles. The molecule has 1 unspecified atom stereocenters. The van der Waals surface area contributed by atoms with Gasteiger partial charge in [0.05, 0.1) is 11.6 Å². The lowest BCUT2D eigenvalue weighted by molar-refractivity contribution is 1.10. The molecule has 1 nitrogen and oxygen atoms in total. The van der Waals surface area contributed by atoms with E-state index in [9.17, 15) is 0 Å². The average molecular weight is 177 g/mol. The molecular formula is C10H11NS. The van der Waals surface area contributed by atoms with Crippen molar-refractivity contribution in [3.8, 4) is 6.07 Å². The maximum atomic E-state index is 8.57. The van der Waals surface area contributed by atoms with Gasteiger partial charge in [-0.05, 0) is 30.9 Å². The van der Waals surface area contributed by atoms with Crippen LogP contribution in [0.4, 0.5) is 0 Å². The monoisotopic (exact) mass is 177 g/mol. The van der Waals surface area contributed by atoms with Crippen molar-refractivity contribution in [1.29, 1.82) is 5.26 Å². The van der Waals surface area contributed by atoms with Gasteiger partial charge in [-0.2, -0.15) is 17.0 Å². The van der Waals surface area contributed by atoms with E-state index in [2.05, 4.69) is 19.2 Å². The number of rotatable bonds is 2. The molecule has 0 radical (unpaired) electrons. The van der Waals surface area contributed by atoms with E-state index in [0.29, 0.717) is 5.25 Å². The van der Waals surface area contributed by atoms with Crippen LogP contribution >= 0.6 is 11.8 Å². The predicted molar refractivity (Wildman–Crippen MR) is 53.1 cm³/mol. The molecule has 0 amide bonds. The van der Waals surface area contributed by atoms with E-state index >= 15 is 0 Å². The Bertz CT molecular complexity index is 284. The van der Waals surface area contributed by atoms with E-state index in [4.69, 9.17) is 5.26 Å². The fraction of sp³-hybridized carbons (Fsp3) is 0.300. The highest BCUT2D eigenvalue weighted by molar-refractivity contribution is 7.98. The van der Waals surface area contributed by atoms with Crippen molar-refractivity contribution in [3.63, 3.8) is 0 Å². The molecule has 0 bridgehead atoms. The smallest absolute Gasteiger partial charge is 0.0991 e. The molecule has 2 heteroatoms. The lowest BCUT2D eigenvalue weighted by Crippen LogP contribution is -1.86. The Kier molecular flexibility index (Phi) is 3.19. The maximum Gasteiger partial charge on any atom is 0.0991 e. The van der Waals surface area contributed by atoms with E-state index in [-0.39, 0.29) is 0 Å². The molecule has 12 heavy (non-hydrogen) atoms. The van der Waals surface area contributed by atoms with Gasteiger partial charge in [0.25, 0.3) is 0 Å². The Morgan fingerprint density at radius 2 is 1.92 bits per heavy atom. The van der Waals surface area contributed by atoms with Gasteiger partial charge in [0.1, 0.15) is 0 Å². The fourth-order valence-electron chi connectivity index (χ4n) is 0.965. The maximum absolute atomic E-state index is 8.57. The van der Waals surface area contributed by atoms with Gasteiger partial charge in [-0.3, -0.25) is 0 Å². The minimum Gasteiger partial charge on any atom is -0.192 e. The molecule has 0 spiro atoms. The largest absolute Gasteiger partial charge is 0.192 e. The lowest BCUT2D eigenvalue weighted by atomic mass is 10.1. The Balaban J connectivity index is 2.86. The normalized spacial score (nSPS) is 12.1. The molecule has 1 aromatic carbocycles. The molecule has 0 fully saturated rings. The van der Waals surface area contributed by atoms with E-state index in [1.54, 1.807) is 0 Å². The first-order chi connectivity index (χ1) is 5.77. The van der Waals surface area contributed by atoms with Crippen molar-refractivity contribution >= 4 is 11.8 Å². The van der Waals surface area contributed by atoms with Crippen molar-refractivity contribution in [2.75, 3.05) is 6.26 Å². The Morgan fingerprint density at radius 1 is 1.33 bits per heavy atom. The molecule has 0 heterocycles. The zero-order chi connectivity index (χ0) is 8.97. The van der Waals surface area contributed by atoms with Crippen LogP contribution in [0.5, 0.6) is 0 Å². The highest BCUT2D eigenvalue weighted by Crippen LogP contribution is 2.25. The fourth-order valence-corrected chi connectivity index (χ4v) is 1.39. The van der Waals surface area contributed by atoms with Crippen LogP contribution in [0.15, 0.2) is 24.3 Å². The Hall–Kier alpha value is -0.940. The molecule has 0 aliphatic carbocycles. The number of hydrogen-bond acceptors (Lipinski definition) is 2. The summed E-state index contributed by atoms with van der Waals surface area (Å²) in [6, 6.07) is 9.86. The van der Waals surface area contributed by atoms with E-state index in [0.717, 1.165) is 5.56 Å². The topological polar surface area (TPSA) is 23.8 Å². The summed E-state index contributed by atoms with van der Waals surface area (Å²) in [5.74, 6) is 0. The number of benzene rings is 1. The molecule has 1 aromatic rings. The number of thioether (sulfide) groups is 1. The van der Waals surface area contributed by atoms with Crippen LogP contribution in [-0.2, 0) is 0 Å². The zero-order valence-electron chi connectivity index (χ0n) is 7.24. The third-order valence-corrected chi connectivity index (χ3v) is 2.84. The van der Waals surface area contributed by atoms with E-state index in [1.807, 2.05) is 36.0 Å². The molecule has 0 saturated heterocycles. The zero-order valence-corrected chi connectivity index (χ0v) is 8.06. The van der Waals surface area contributed by atoms with Crippen molar-refractivity contribution in [2.45, 2.75) is 12.2 Å². The van der Waals surface area contributed by atoms with Crippen LogP contribution in [0.25, 0.3) is 0 Å². The third kappa shape index (κ3) is 2.02. The second-order valence-corrected chi connectivity index (χ2v) is 3.79. The third-order valence-electron chi connectivity index (χ3n) is 1.86. The molecule has 1 atom stereocenters. The summed E-state index contributed by atoms with van der Waals surface area (Å²) < 4.78 is 0. The molecule has 1 rings (SSSR count). The van der Waals surface area contributed by atoms with Crippen molar-refractivity contribution in [3.05, 3.63) is 35.4 Å². The van der Waals surface area contributed by atoms with Gasteiger partial charge in [0.15, 0.2) is 0 Å². The van der Waals surface area contributed by atoms with Gasteiger partial charge < -0.3 is 0 Å². The highest BCUT2D eigenvalue weighted by Gasteiger charge is 2.01. The first-order valence-corrected chi connectivity index (χ1v) is 5.09. The van der Waals surface area contributed by atoms with Crippen LogP contribution in [0.2, 0.25) is 0 Å². The van der Waals surface area contributed by atoms with Crippen molar-refractivity contribution < 1.29 is 0 Å². The van der Waals surface area contributed by atoms with Crippen LogP contribution in [0, 0.1) is 11.3 Å². The summed E-state index contributed by atoms with van der Waals surface area (Å²) in [4.78, 5) is 0. The SMILES string of the molecule is CSC(C)c1ccc(C#N)cc1. The van der Waals surface area contributed by atoms with E-state index in [1.165, 1.54) is 5.56 Å². The van der Waals surface area contributed by atoms with Crippen LogP contribution in [0.3, 0.4) is 0 Å². The van der Waals surface area contributed by atoms with Crippen LogP contribution in [-0.4, -0.2) is 6.26 Å². The Morgan fingerprint density at radius 3 is 2.33 bits per heavy atom. The van der Waals surface area contributed by atoms with E-state index < -0.39 is 0 Å². The summed E-state index contributed by atoms with van der Waals surface area (Å²) >= 11 is 1.81. The van der Waals surface area contributed by atoms with Gasteiger partial charge in [-0.1, -0.05) is 12.1 Å². The predicted octanol–water partition coefficient (Wildman–Crippen LogP) is 2.98. The second-order valence-electron chi connectivity index (χ2n) is 2.61. The highest BCUT2D eigenvalue weighted by atomic mass is 32.2. The number of nitrogens with zero attached hydrogens (tertiary/aromatic N) is 1. The van der Waals surface area contributed by atoms with Crippen molar-refractivity contribution in [1.82, 2.24) is 0 Å². The second kappa shape index (κ2) is 4.18. The standard InChI is InChI=1S/C10H11NS/c1-8(12-2)10-5-3-9(7-11)4-6-10/h3-6,8H,1-2H3. The van der Waals surface area contributed by atoms with Gasteiger partial charge in [0.2, 0.25) is 0 Å². The number of hydrogen-bond donors (Lipinski definition) is 0. The lowest BCUT2D eigenvalue weighted by Gasteiger charge is -2.07. The quantitative estimate of drug-likeness (QED) is 0.693. The van der Waals surface area contributed by atoms with Gasteiger partial charge in [-0.15, -0.1) is 0 Å². The summed E-state index contributed by atoms with van der Waals surface area (Å²) in [7, 11) is 0. The average Bonchev–Trinajstić information content (AvgIpc) is 2.17. The van der Waals surface area contributed by atoms with Crippen molar-refractivity contribution in [2.24, 2.45) is 0 Å². The first-order valence-electron chi connectivity index (χ1n) is 3.80. The summed E-state index contributed by atoms with van der Waals surface area (Å²) in [5, 5.41) is 9.08. The number of nitriles is 1. The van der Waals surface area contributed by atoms with Crippen LogP contribution in [0.1, 0.15) is 23.3 Å². The Labute approximate surface area is 77.4 Å². The molecule has 0 aliphatic rings. The summed E-state index contributed by atoms with van der Waals surface area (Å²) in [6.07, 6.45) is 2.09. The van der Waals surface area contributed by atoms with Gasteiger partial charge in [0, 0.05) is 5.25 Å². The summed E-state index contributed by atoms with van der Waals surface area (Å²) in [6.45, 7) is 2.16. The molecular weight excluding hydrogens is 166 g/mol. The minimum absolute atomic E-state index is 0.512. The molecule has 0 aliphatic heterocycles. The van der Waals surface area contributed by atoms with Gasteiger partial charge in [-0.25, -0.2) is 0 Å². The molecule has 0 N–H and O–H groups in total.